The summed E-state index contributed by atoms with van der Waals surface area (Å²) in [6.45, 7) is 0.105. The van der Waals surface area contributed by atoms with Crippen LogP contribution in [-0.2, 0) is 23.6 Å². The van der Waals surface area contributed by atoms with E-state index in [2.05, 4.69) is 5.32 Å². The number of para-hydroxylation sites is 1. The molecule has 4 aromatic rings. The van der Waals surface area contributed by atoms with Crippen molar-refractivity contribution < 1.29 is 13.2 Å². The van der Waals surface area contributed by atoms with Crippen molar-refractivity contribution in [2.45, 2.75) is 6.54 Å². The molecule has 0 aliphatic carbocycles. The predicted octanol–water partition coefficient (Wildman–Crippen LogP) is 3.82. The van der Waals surface area contributed by atoms with Crippen molar-refractivity contribution in [3.63, 3.8) is 0 Å². The fourth-order valence-electron chi connectivity index (χ4n) is 3.42. The number of fused-ring (bicyclic) bond motifs is 1. The fourth-order valence-corrected chi connectivity index (χ4v) is 5.24. The molecule has 0 aliphatic heterocycles. The summed E-state index contributed by atoms with van der Waals surface area (Å²) >= 11 is 1.10. The van der Waals surface area contributed by atoms with E-state index in [0.717, 1.165) is 33.4 Å². The van der Waals surface area contributed by atoms with E-state index in [1.54, 1.807) is 54.1 Å². The van der Waals surface area contributed by atoms with Gasteiger partial charge in [0, 0.05) is 12.7 Å². The number of nitrogens with one attached hydrogen (secondary N) is 1. The second kappa shape index (κ2) is 8.60. The zero-order chi connectivity index (χ0) is 22.9. The van der Waals surface area contributed by atoms with E-state index in [1.165, 1.54) is 4.31 Å². The van der Waals surface area contributed by atoms with E-state index < -0.39 is 15.9 Å². The van der Waals surface area contributed by atoms with Crippen molar-refractivity contribution in [1.82, 2.24) is 4.57 Å². The first kappa shape index (κ1) is 21.8. The third-order valence-electron chi connectivity index (χ3n) is 5.04. The molecule has 0 bridgehead atoms. The van der Waals surface area contributed by atoms with Crippen molar-refractivity contribution in [3.8, 4) is 0 Å². The minimum absolute atomic E-state index is 0.0847. The zero-order valence-electron chi connectivity index (χ0n) is 17.5. The van der Waals surface area contributed by atoms with E-state index in [9.17, 15) is 18.0 Å². The van der Waals surface area contributed by atoms with Gasteiger partial charge in [-0.1, -0.05) is 53.8 Å². The zero-order valence-corrected chi connectivity index (χ0v) is 19.1. The quantitative estimate of drug-likeness (QED) is 0.467. The van der Waals surface area contributed by atoms with E-state index in [0.29, 0.717) is 11.4 Å². The number of thiazole rings is 1. The van der Waals surface area contributed by atoms with Crippen LogP contribution in [-0.4, -0.2) is 25.1 Å². The van der Waals surface area contributed by atoms with Gasteiger partial charge in [-0.2, -0.15) is 0 Å². The number of carbonyl (C=O) groups is 1. The Morgan fingerprint density at radius 2 is 1.72 bits per heavy atom. The molecule has 0 unspecified atom stereocenters. The largest absolute Gasteiger partial charge is 0.322 e. The third kappa shape index (κ3) is 4.44. The normalized spacial score (nSPS) is 11.4. The van der Waals surface area contributed by atoms with E-state index in [4.69, 9.17) is 0 Å². The number of hydrogen-bond acceptors (Lipinski definition) is 5. The first-order valence-electron chi connectivity index (χ1n) is 9.75. The van der Waals surface area contributed by atoms with E-state index in [1.807, 2.05) is 30.3 Å². The smallest absolute Gasteiger partial charge is 0.307 e. The number of aryl methyl sites for hydroxylation is 1. The lowest BCUT2D eigenvalue weighted by atomic mass is 10.1. The number of hydrogen-bond donors (Lipinski definition) is 1. The number of sulfonamides is 1. The lowest BCUT2D eigenvalue weighted by Crippen LogP contribution is -2.31. The lowest BCUT2D eigenvalue weighted by Gasteiger charge is -2.24. The van der Waals surface area contributed by atoms with Gasteiger partial charge in [0.05, 0.1) is 34.3 Å². The number of rotatable bonds is 6. The molecule has 7 nitrogen and oxygen atoms in total. The molecule has 1 N–H and O–H groups in total. The molecule has 4 rings (SSSR count). The molecule has 0 atom stereocenters. The molecule has 0 fully saturated rings. The molecule has 1 aromatic heterocycles. The summed E-state index contributed by atoms with van der Waals surface area (Å²) in [4.78, 5) is 24.9. The van der Waals surface area contributed by atoms with Crippen molar-refractivity contribution in [2.75, 3.05) is 15.9 Å². The Labute approximate surface area is 189 Å². The molecule has 0 saturated carbocycles. The molecule has 0 saturated heterocycles. The molecule has 164 valence electrons. The Morgan fingerprint density at radius 1 is 1.03 bits per heavy atom. The van der Waals surface area contributed by atoms with Gasteiger partial charge in [0.15, 0.2) is 0 Å². The van der Waals surface area contributed by atoms with Gasteiger partial charge in [0.1, 0.15) is 0 Å². The predicted molar refractivity (Wildman–Crippen MR) is 129 cm³/mol. The number of benzene rings is 3. The second-order valence-corrected chi connectivity index (χ2v) is 10.2. The van der Waals surface area contributed by atoms with Crippen molar-refractivity contribution in [2.24, 2.45) is 7.05 Å². The standard InChI is InChI=1S/C23H21N3O4S2/c1-25-20-13-12-17(14-21(20)31-23(25)28)24-22(27)18-10-6-7-11-19(18)26(32(2,29)30)15-16-8-4-3-5-9-16/h3-14H,15H2,1-2H3,(H,24,27). The van der Waals surface area contributed by atoms with Crippen LogP contribution in [0, 0.1) is 0 Å². The Morgan fingerprint density at radius 3 is 2.44 bits per heavy atom. The number of anilines is 2. The van der Waals surface area contributed by atoms with Gasteiger partial charge in [-0.05, 0) is 35.9 Å². The maximum Gasteiger partial charge on any atom is 0.307 e. The topological polar surface area (TPSA) is 88.5 Å². The van der Waals surface area contributed by atoms with Crippen LogP contribution in [0.1, 0.15) is 15.9 Å². The van der Waals surface area contributed by atoms with Gasteiger partial charge >= 0.3 is 4.87 Å². The number of amides is 1. The van der Waals surface area contributed by atoms with Crippen LogP contribution >= 0.6 is 11.3 Å². The highest BCUT2D eigenvalue weighted by Crippen LogP contribution is 2.27. The van der Waals surface area contributed by atoms with Gasteiger partial charge in [0.25, 0.3) is 5.91 Å². The summed E-state index contributed by atoms with van der Waals surface area (Å²) in [5.74, 6) is -0.440. The molecular formula is C23H21N3O4S2. The highest BCUT2D eigenvalue weighted by atomic mass is 32.2. The summed E-state index contributed by atoms with van der Waals surface area (Å²) < 4.78 is 28.8. The van der Waals surface area contributed by atoms with Crippen molar-refractivity contribution >= 4 is 48.9 Å². The van der Waals surface area contributed by atoms with E-state index in [-0.39, 0.29) is 17.0 Å². The lowest BCUT2D eigenvalue weighted by molar-refractivity contribution is 0.102. The maximum absolute atomic E-state index is 13.1. The van der Waals surface area contributed by atoms with E-state index >= 15 is 0 Å². The number of aromatic nitrogens is 1. The van der Waals surface area contributed by atoms with Gasteiger partial charge in [-0.3, -0.25) is 13.9 Å². The van der Waals surface area contributed by atoms with Gasteiger partial charge in [-0.15, -0.1) is 0 Å². The third-order valence-corrected chi connectivity index (χ3v) is 7.16. The molecule has 1 amide bonds. The second-order valence-electron chi connectivity index (χ2n) is 7.34. The van der Waals surface area contributed by atoms with Crippen molar-refractivity contribution in [3.05, 3.63) is 93.6 Å². The summed E-state index contributed by atoms with van der Waals surface area (Å²) in [6.07, 6.45) is 1.12. The van der Waals surface area contributed by atoms with Crippen LogP contribution < -0.4 is 14.5 Å². The van der Waals surface area contributed by atoms with Gasteiger partial charge < -0.3 is 9.88 Å². The van der Waals surface area contributed by atoms with Gasteiger partial charge in [-0.25, -0.2) is 8.42 Å². The highest BCUT2D eigenvalue weighted by Gasteiger charge is 2.23. The first-order chi connectivity index (χ1) is 15.2. The summed E-state index contributed by atoms with van der Waals surface area (Å²) in [6, 6.07) is 21.0. The van der Waals surface area contributed by atoms with Crippen LogP contribution in [0.25, 0.3) is 10.2 Å². The molecular weight excluding hydrogens is 446 g/mol. The average molecular weight is 468 g/mol. The average Bonchev–Trinajstić information content (AvgIpc) is 3.05. The molecule has 3 aromatic carbocycles. The minimum Gasteiger partial charge on any atom is -0.322 e. The Kier molecular flexibility index (Phi) is 5.86. The molecule has 0 spiro atoms. The summed E-state index contributed by atoms with van der Waals surface area (Å²) in [7, 11) is -1.96. The monoisotopic (exact) mass is 467 g/mol. The Hall–Kier alpha value is -3.43. The Bertz CT molecular complexity index is 1460. The summed E-state index contributed by atoms with van der Waals surface area (Å²) in [5.41, 5.74) is 2.63. The summed E-state index contributed by atoms with van der Waals surface area (Å²) in [5, 5.41) is 2.82. The fraction of sp³-hybridized carbons (Fsp3) is 0.130. The van der Waals surface area contributed by atoms with Crippen LogP contribution in [0.15, 0.2) is 77.6 Å². The van der Waals surface area contributed by atoms with Crippen LogP contribution in [0.4, 0.5) is 11.4 Å². The van der Waals surface area contributed by atoms with Crippen LogP contribution in [0.3, 0.4) is 0 Å². The molecule has 0 aliphatic rings. The minimum atomic E-state index is -3.66. The van der Waals surface area contributed by atoms with Crippen molar-refractivity contribution in [1.29, 1.82) is 0 Å². The van der Waals surface area contributed by atoms with Crippen LogP contribution in [0.5, 0.6) is 0 Å². The van der Waals surface area contributed by atoms with Crippen LogP contribution in [0.2, 0.25) is 0 Å². The SMILES string of the molecule is Cn1c(=O)sc2cc(NC(=O)c3ccccc3N(Cc3ccccc3)S(C)(=O)=O)ccc21. The number of carbonyl (C=O) groups excluding carboxylic acids is 1. The molecule has 0 radical (unpaired) electrons. The first-order valence-corrected chi connectivity index (χ1v) is 12.4. The maximum atomic E-state index is 13.1. The Balaban J connectivity index is 1.68. The molecule has 32 heavy (non-hydrogen) atoms. The van der Waals surface area contributed by atoms with Gasteiger partial charge in [0.2, 0.25) is 10.0 Å². The number of nitrogens with zero attached hydrogens (tertiary/aromatic N) is 2. The highest BCUT2D eigenvalue weighted by molar-refractivity contribution is 7.92. The molecule has 9 heteroatoms. The molecule has 1 heterocycles.